The van der Waals surface area contributed by atoms with Gasteiger partial charge in [-0.25, -0.2) is 14.8 Å². The molecule has 14 heteroatoms. The number of halogens is 3. The van der Waals surface area contributed by atoms with Gasteiger partial charge in [-0.15, -0.1) is 0 Å². The van der Waals surface area contributed by atoms with Crippen LogP contribution in [0.15, 0.2) is 85.3 Å². The maximum absolute atomic E-state index is 13.4. The SMILES string of the molecule is COc1cc(NC(=O)Nc2cc(C(F)(F)F)cnc2-c2ccccc2)cnc1Oc1ccc(-c2cnc(N3CCCC3=O)s2)cc1. The summed E-state index contributed by atoms with van der Waals surface area (Å²) in [6.07, 6.45) is 0.500. The van der Waals surface area contributed by atoms with E-state index >= 15 is 0 Å². The van der Waals surface area contributed by atoms with Crippen molar-refractivity contribution in [3.63, 3.8) is 0 Å². The summed E-state index contributed by atoms with van der Waals surface area (Å²) in [5, 5.41) is 5.70. The summed E-state index contributed by atoms with van der Waals surface area (Å²) >= 11 is 1.44. The van der Waals surface area contributed by atoms with Gasteiger partial charge in [-0.2, -0.15) is 13.2 Å². The Morgan fingerprint density at radius 2 is 1.72 bits per heavy atom. The number of carbonyl (C=O) groups excluding carboxylic acids is 2. The smallest absolute Gasteiger partial charge is 0.417 e. The van der Waals surface area contributed by atoms with Crippen LogP contribution in [0.4, 0.5) is 34.5 Å². The van der Waals surface area contributed by atoms with Crippen LogP contribution in [-0.2, 0) is 11.0 Å². The minimum Gasteiger partial charge on any atom is -0.491 e. The lowest BCUT2D eigenvalue weighted by Crippen LogP contribution is -2.23. The van der Waals surface area contributed by atoms with E-state index in [2.05, 4.69) is 25.6 Å². The molecule has 10 nitrogen and oxygen atoms in total. The third kappa shape index (κ3) is 6.76. The second-order valence-electron chi connectivity index (χ2n) is 10.1. The van der Waals surface area contributed by atoms with Crippen LogP contribution in [0.2, 0.25) is 0 Å². The third-order valence-corrected chi connectivity index (χ3v) is 8.03. The number of anilines is 3. The number of pyridine rings is 2. The molecule has 4 heterocycles. The standard InChI is InChI=1S/C32H25F3N6O4S/c1-44-25-15-22(39-30(43)40-24-14-21(32(33,34)35)16-36-28(24)20-6-3-2-4-7-20)17-37-29(25)45-23-11-9-19(10-12-23)26-18-38-31(46-26)41-13-5-8-27(41)42/h2-4,6-7,9-12,14-18H,5,8,13H2,1H3,(H2,39,40,43). The number of hydrogen-bond acceptors (Lipinski definition) is 8. The monoisotopic (exact) mass is 646 g/mol. The van der Waals surface area contributed by atoms with E-state index < -0.39 is 17.8 Å². The van der Waals surface area contributed by atoms with Gasteiger partial charge in [-0.05, 0) is 42.3 Å². The van der Waals surface area contributed by atoms with Gasteiger partial charge >= 0.3 is 12.2 Å². The van der Waals surface area contributed by atoms with Crippen molar-refractivity contribution >= 4 is 39.8 Å². The fraction of sp³-hybridized carbons (Fsp3) is 0.156. The first-order chi connectivity index (χ1) is 22.2. The zero-order chi connectivity index (χ0) is 32.3. The molecule has 234 valence electrons. The van der Waals surface area contributed by atoms with Crippen molar-refractivity contribution in [3.05, 3.63) is 90.9 Å². The largest absolute Gasteiger partial charge is 0.491 e. The molecule has 1 fully saturated rings. The Morgan fingerprint density at radius 3 is 2.41 bits per heavy atom. The van der Waals surface area contributed by atoms with E-state index in [0.717, 1.165) is 29.1 Å². The van der Waals surface area contributed by atoms with Crippen molar-refractivity contribution in [1.29, 1.82) is 0 Å². The van der Waals surface area contributed by atoms with Gasteiger partial charge in [0.1, 0.15) is 5.75 Å². The predicted molar refractivity (Wildman–Crippen MR) is 167 cm³/mol. The lowest BCUT2D eigenvalue weighted by atomic mass is 10.1. The molecule has 0 spiro atoms. The van der Waals surface area contributed by atoms with E-state index in [0.29, 0.717) is 29.4 Å². The Kier molecular flexibility index (Phi) is 8.53. The lowest BCUT2D eigenvalue weighted by molar-refractivity contribution is -0.137. The van der Waals surface area contributed by atoms with Crippen LogP contribution < -0.4 is 25.0 Å². The van der Waals surface area contributed by atoms with Crippen molar-refractivity contribution in [2.45, 2.75) is 19.0 Å². The van der Waals surface area contributed by atoms with Crippen molar-refractivity contribution < 1.29 is 32.2 Å². The first kappa shape index (κ1) is 30.5. The molecule has 2 aromatic carbocycles. The predicted octanol–water partition coefficient (Wildman–Crippen LogP) is 7.86. The molecule has 1 aliphatic rings. The molecule has 46 heavy (non-hydrogen) atoms. The lowest BCUT2D eigenvalue weighted by Gasteiger charge is -2.15. The van der Waals surface area contributed by atoms with E-state index in [-0.39, 0.29) is 34.6 Å². The summed E-state index contributed by atoms with van der Waals surface area (Å²) in [5.41, 5.74) is 0.679. The van der Waals surface area contributed by atoms with Gasteiger partial charge < -0.3 is 20.1 Å². The molecule has 0 atom stereocenters. The summed E-state index contributed by atoms with van der Waals surface area (Å²) in [4.78, 5) is 40.2. The molecular formula is C32H25F3N6O4S. The number of carbonyl (C=O) groups is 2. The van der Waals surface area contributed by atoms with E-state index in [1.54, 1.807) is 53.6 Å². The van der Waals surface area contributed by atoms with E-state index in [1.165, 1.54) is 30.7 Å². The molecule has 2 N–H and O–H groups in total. The maximum Gasteiger partial charge on any atom is 0.417 e. The van der Waals surface area contributed by atoms with E-state index in [9.17, 15) is 22.8 Å². The Balaban J connectivity index is 1.14. The number of benzene rings is 2. The van der Waals surface area contributed by atoms with E-state index in [4.69, 9.17) is 9.47 Å². The zero-order valence-electron chi connectivity index (χ0n) is 24.2. The minimum atomic E-state index is -4.65. The summed E-state index contributed by atoms with van der Waals surface area (Å²) in [5.74, 6) is 0.883. The summed E-state index contributed by atoms with van der Waals surface area (Å²) in [6, 6.07) is 17.2. The molecule has 1 aliphatic heterocycles. The molecule has 0 bridgehead atoms. The van der Waals surface area contributed by atoms with Crippen LogP contribution in [0.5, 0.6) is 17.4 Å². The topological polar surface area (TPSA) is 119 Å². The summed E-state index contributed by atoms with van der Waals surface area (Å²) < 4.78 is 51.6. The van der Waals surface area contributed by atoms with Crippen molar-refractivity contribution in [2.24, 2.45) is 0 Å². The Morgan fingerprint density at radius 1 is 0.935 bits per heavy atom. The molecule has 0 saturated carbocycles. The van der Waals surface area contributed by atoms with Crippen LogP contribution in [0, 0.1) is 0 Å². The van der Waals surface area contributed by atoms with Gasteiger partial charge in [0.25, 0.3) is 5.88 Å². The fourth-order valence-corrected chi connectivity index (χ4v) is 5.69. The minimum absolute atomic E-state index is 0.0816. The maximum atomic E-state index is 13.4. The molecule has 6 rings (SSSR count). The Hall–Kier alpha value is -5.50. The highest BCUT2D eigenvalue weighted by molar-refractivity contribution is 7.19. The quantitative estimate of drug-likeness (QED) is 0.176. The number of nitrogens with one attached hydrogen (secondary N) is 2. The fourth-order valence-electron chi connectivity index (χ4n) is 4.72. The van der Waals surface area contributed by atoms with Crippen molar-refractivity contribution in [3.8, 4) is 39.1 Å². The Labute approximate surface area is 264 Å². The number of urea groups is 1. The number of amides is 3. The molecule has 3 aromatic heterocycles. The van der Waals surface area contributed by atoms with Gasteiger partial charge in [0.2, 0.25) is 5.91 Å². The molecule has 0 aliphatic carbocycles. The van der Waals surface area contributed by atoms with Crippen LogP contribution >= 0.6 is 11.3 Å². The summed E-state index contributed by atoms with van der Waals surface area (Å²) in [6.45, 7) is 0.675. The molecular weight excluding hydrogens is 621 g/mol. The molecule has 3 amide bonds. The second-order valence-corrected chi connectivity index (χ2v) is 11.1. The highest BCUT2D eigenvalue weighted by atomic mass is 32.1. The number of hydrogen-bond donors (Lipinski definition) is 2. The molecule has 5 aromatic rings. The number of thiazole rings is 1. The number of alkyl halides is 3. The number of rotatable bonds is 8. The number of methoxy groups -OCH3 is 1. The molecule has 1 saturated heterocycles. The summed E-state index contributed by atoms with van der Waals surface area (Å²) in [7, 11) is 1.41. The normalized spacial score (nSPS) is 13.0. The van der Waals surface area contributed by atoms with Crippen LogP contribution in [0.3, 0.4) is 0 Å². The molecule has 0 unspecified atom stereocenters. The van der Waals surface area contributed by atoms with Crippen LogP contribution in [0.1, 0.15) is 18.4 Å². The van der Waals surface area contributed by atoms with Crippen molar-refractivity contribution in [1.82, 2.24) is 15.0 Å². The average Bonchev–Trinajstić information content (AvgIpc) is 3.71. The zero-order valence-corrected chi connectivity index (χ0v) is 25.0. The Bertz CT molecular complexity index is 1880. The highest BCUT2D eigenvalue weighted by Gasteiger charge is 2.32. The average molecular weight is 647 g/mol. The highest BCUT2D eigenvalue weighted by Crippen LogP contribution is 2.37. The first-order valence-corrected chi connectivity index (χ1v) is 14.8. The van der Waals surface area contributed by atoms with E-state index in [1.807, 2.05) is 12.1 Å². The van der Waals surface area contributed by atoms with Crippen LogP contribution in [-0.4, -0.2) is 40.5 Å². The number of aromatic nitrogens is 3. The van der Waals surface area contributed by atoms with Gasteiger partial charge in [-0.3, -0.25) is 14.7 Å². The second kappa shape index (κ2) is 12.9. The van der Waals surface area contributed by atoms with Gasteiger partial charge in [0, 0.05) is 37.0 Å². The van der Waals surface area contributed by atoms with Crippen molar-refractivity contribution in [2.75, 3.05) is 29.2 Å². The van der Waals surface area contributed by atoms with Crippen LogP contribution in [0.25, 0.3) is 21.7 Å². The first-order valence-electron chi connectivity index (χ1n) is 14.0. The van der Waals surface area contributed by atoms with Gasteiger partial charge in [0.05, 0.1) is 40.8 Å². The van der Waals surface area contributed by atoms with Gasteiger partial charge in [-0.1, -0.05) is 41.7 Å². The molecule has 0 radical (unpaired) electrons. The number of ether oxygens (including phenoxy) is 2. The van der Waals surface area contributed by atoms with Gasteiger partial charge in [0.15, 0.2) is 10.9 Å². The number of nitrogens with zero attached hydrogens (tertiary/aromatic N) is 4. The third-order valence-electron chi connectivity index (χ3n) is 6.96.